The van der Waals surface area contributed by atoms with Crippen molar-refractivity contribution in [1.29, 1.82) is 0 Å². The molecular formula is C24H24N2O3. The summed E-state index contributed by atoms with van der Waals surface area (Å²) in [5.41, 5.74) is 3.61. The van der Waals surface area contributed by atoms with E-state index in [0.29, 0.717) is 5.56 Å². The maximum atomic E-state index is 13.0. The first-order valence-corrected chi connectivity index (χ1v) is 10.0. The number of carbonyl (C=O) groups is 2. The molecule has 1 heterocycles. The van der Waals surface area contributed by atoms with Crippen molar-refractivity contribution in [3.8, 4) is 11.3 Å². The Balaban J connectivity index is 1.62. The van der Waals surface area contributed by atoms with Crippen LogP contribution in [0.4, 0.5) is 0 Å². The van der Waals surface area contributed by atoms with Crippen LogP contribution in [-0.2, 0) is 9.53 Å². The highest BCUT2D eigenvalue weighted by atomic mass is 16.5. The van der Waals surface area contributed by atoms with Crippen molar-refractivity contribution in [2.45, 2.75) is 38.6 Å². The van der Waals surface area contributed by atoms with Gasteiger partial charge in [0.15, 0.2) is 6.61 Å². The molecule has 1 aliphatic carbocycles. The Morgan fingerprint density at radius 2 is 1.72 bits per heavy atom. The summed E-state index contributed by atoms with van der Waals surface area (Å²) < 4.78 is 5.40. The molecule has 0 saturated heterocycles. The second-order valence-electron chi connectivity index (χ2n) is 7.47. The Hall–Kier alpha value is -3.21. The van der Waals surface area contributed by atoms with Gasteiger partial charge in [0.1, 0.15) is 0 Å². The highest BCUT2D eigenvalue weighted by molar-refractivity contribution is 6.06. The molecule has 5 heteroatoms. The normalized spacial score (nSPS) is 14.1. The first-order chi connectivity index (χ1) is 14.1. The van der Waals surface area contributed by atoms with Crippen molar-refractivity contribution in [1.82, 2.24) is 10.3 Å². The van der Waals surface area contributed by atoms with Crippen molar-refractivity contribution in [2.24, 2.45) is 0 Å². The van der Waals surface area contributed by atoms with Crippen LogP contribution in [0.25, 0.3) is 22.2 Å². The summed E-state index contributed by atoms with van der Waals surface area (Å²) in [5, 5.41) is 3.67. The highest BCUT2D eigenvalue weighted by Gasteiger charge is 2.22. The zero-order valence-corrected chi connectivity index (χ0v) is 16.5. The van der Waals surface area contributed by atoms with Crippen LogP contribution in [0, 0.1) is 6.92 Å². The van der Waals surface area contributed by atoms with Crippen molar-refractivity contribution in [3.05, 3.63) is 65.7 Å². The second-order valence-corrected chi connectivity index (χ2v) is 7.47. The van der Waals surface area contributed by atoms with E-state index in [1.807, 2.05) is 61.5 Å². The van der Waals surface area contributed by atoms with Gasteiger partial charge < -0.3 is 10.1 Å². The summed E-state index contributed by atoms with van der Waals surface area (Å²) in [5.74, 6) is -0.746. The summed E-state index contributed by atoms with van der Waals surface area (Å²) in [6.07, 6.45) is 4.26. The van der Waals surface area contributed by atoms with Crippen molar-refractivity contribution in [2.75, 3.05) is 6.61 Å². The van der Waals surface area contributed by atoms with Crippen LogP contribution < -0.4 is 5.32 Å². The molecule has 29 heavy (non-hydrogen) atoms. The number of para-hydroxylation sites is 1. The molecule has 0 spiro atoms. The number of carbonyl (C=O) groups excluding carboxylic acids is 2. The number of benzene rings is 2. The number of nitrogens with zero attached hydrogens (tertiary/aromatic N) is 1. The van der Waals surface area contributed by atoms with Crippen LogP contribution in [0.15, 0.2) is 54.6 Å². The first kappa shape index (κ1) is 19.1. The highest BCUT2D eigenvalue weighted by Crippen LogP contribution is 2.30. The molecule has 0 atom stereocenters. The second kappa shape index (κ2) is 8.43. The Bertz CT molecular complexity index is 1040. The quantitative estimate of drug-likeness (QED) is 0.657. The van der Waals surface area contributed by atoms with E-state index in [1.54, 1.807) is 0 Å². The van der Waals surface area contributed by atoms with E-state index in [4.69, 9.17) is 9.72 Å². The van der Waals surface area contributed by atoms with E-state index >= 15 is 0 Å². The topological polar surface area (TPSA) is 68.3 Å². The maximum absolute atomic E-state index is 13.0. The number of fused-ring (bicyclic) bond motifs is 1. The lowest BCUT2D eigenvalue weighted by Gasteiger charge is -2.15. The Morgan fingerprint density at radius 3 is 2.48 bits per heavy atom. The largest absolute Gasteiger partial charge is 0.452 e. The van der Waals surface area contributed by atoms with E-state index in [0.717, 1.165) is 53.4 Å². The minimum Gasteiger partial charge on any atom is -0.452 e. The standard InChI is InChI=1S/C24H24N2O3/c1-16-22(24(28)29-15-21(27)25-18-11-5-6-12-18)19-13-7-8-14-20(19)26-23(16)17-9-3-2-4-10-17/h2-4,7-10,13-14,18H,5-6,11-12,15H2,1H3,(H,25,27). The number of aromatic nitrogens is 1. The van der Waals surface area contributed by atoms with Gasteiger partial charge in [-0.1, -0.05) is 61.4 Å². The zero-order valence-electron chi connectivity index (χ0n) is 16.5. The first-order valence-electron chi connectivity index (χ1n) is 10.0. The lowest BCUT2D eigenvalue weighted by atomic mass is 9.98. The Kier molecular flexibility index (Phi) is 5.56. The lowest BCUT2D eigenvalue weighted by Crippen LogP contribution is -2.36. The number of hydrogen-bond acceptors (Lipinski definition) is 4. The third kappa shape index (κ3) is 4.14. The molecule has 0 unspecified atom stereocenters. The van der Waals surface area contributed by atoms with Gasteiger partial charge in [0.25, 0.3) is 5.91 Å². The number of esters is 1. The van der Waals surface area contributed by atoms with Crippen LogP contribution in [0.2, 0.25) is 0 Å². The molecule has 1 fully saturated rings. The van der Waals surface area contributed by atoms with Crippen molar-refractivity contribution < 1.29 is 14.3 Å². The fourth-order valence-corrected chi connectivity index (χ4v) is 3.99. The van der Waals surface area contributed by atoms with Crippen LogP contribution >= 0.6 is 0 Å². The maximum Gasteiger partial charge on any atom is 0.339 e. The SMILES string of the molecule is Cc1c(-c2ccccc2)nc2ccccc2c1C(=O)OCC(=O)NC1CCCC1. The fraction of sp³-hybridized carbons (Fsp3) is 0.292. The van der Waals surface area contributed by atoms with E-state index in [-0.39, 0.29) is 18.6 Å². The number of amides is 1. The molecule has 2 aromatic carbocycles. The molecule has 0 aliphatic heterocycles. The summed E-state index contributed by atoms with van der Waals surface area (Å²) in [6, 6.07) is 17.5. The monoisotopic (exact) mass is 388 g/mol. The molecule has 1 N–H and O–H groups in total. The number of rotatable bonds is 5. The van der Waals surface area contributed by atoms with Crippen LogP contribution in [0.1, 0.15) is 41.6 Å². The fourth-order valence-electron chi connectivity index (χ4n) is 3.99. The zero-order chi connectivity index (χ0) is 20.2. The average Bonchev–Trinajstić information content (AvgIpc) is 3.25. The predicted molar refractivity (Wildman–Crippen MR) is 113 cm³/mol. The third-order valence-electron chi connectivity index (χ3n) is 5.44. The predicted octanol–water partition coefficient (Wildman–Crippen LogP) is 4.43. The number of hydrogen-bond donors (Lipinski definition) is 1. The number of nitrogens with one attached hydrogen (secondary N) is 1. The molecule has 1 aliphatic rings. The van der Waals surface area contributed by atoms with Gasteiger partial charge >= 0.3 is 5.97 Å². The number of pyridine rings is 1. The molecule has 3 aromatic rings. The van der Waals surface area contributed by atoms with Crippen LogP contribution in [0.3, 0.4) is 0 Å². The molecule has 148 valence electrons. The number of ether oxygens (including phenoxy) is 1. The summed E-state index contributed by atoms with van der Waals surface area (Å²) in [4.78, 5) is 29.9. The molecule has 1 saturated carbocycles. The van der Waals surface area contributed by atoms with Gasteiger partial charge in [0, 0.05) is 17.0 Å². The molecular weight excluding hydrogens is 364 g/mol. The van der Waals surface area contributed by atoms with Gasteiger partial charge in [-0.25, -0.2) is 9.78 Å². The van der Waals surface area contributed by atoms with Gasteiger partial charge in [0.05, 0.1) is 16.8 Å². The smallest absolute Gasteiger partial charge is 0.339 e. The third-order valence-corrected chi connectivity index (χ3v) is 5.44. The van der Waals surface area contributed by atoms with Crippen molar-refractivity contribution in [3.63, 3.8) is 0 Å². The van der Waals surface area contributed by atoms with Crippen LogP contribution in [-0.4, -0.2) is 29.5 Å². The van der Waals surface area contributed by atoms with Gasteiger partial charge in [-0.15, -0.1) is 0 Å². The van der Waals surface area contributed by atoms with Gasteiger partial charge in [-0.05, 0) is 31.4 Å². The van der Waals surface area contributed by atoms with E-state index < -0.39 is 5.97 Å². The van der Waals surface area contributed by atoms with E-state index in [2.05, 4.69) is 5.32 Å². The molecule has 0 bridgehead atoms. The van der Waals surface area contributed by atoms with Gasteiger partial charge in [-0.3, -0.25) is 4.79 Å². The summed E-state index contributed by atoms with van der Waals surface area (Å²) in [6.45, 7) is 1.60. The molecule has 0 radical (unpaired) electrons. The van der Waals surface area contributed by atoms with E-state index in [1.165, 1.54) is 0 Å². The molecule has 4 rings (SSSR count). The van der Waals surface area contributed by atoms with Crippen molar-refractivity contribution >= 4 is 22.8 Å². The van der Waals surface area contributed by atoms with E-state index in [9.17, 15) is 9.59 Å². The Labute approximate surface area is 170 Å². The van der Waals surface area contributed by atoms with Crippen LogP contribution in [0.5, 0.6) is 0 Å². The minimum atomic E-state index is -0.500. The molecule has 5 nitrogen and oxygen atoms in total. The lowest BCUT2D eigenvalue weighted by molar-refractivity contribution is -0.124. The minimum absolute atomic E-state index is 0.203. The average molecular weight is 388 g/mol. The van der Waals surface area contributed by atoms with Gasteiger partial charge in [-0.2, -0.15) is 0 Å². The molecule has 1 aromatic heterocycles. The summed E-state index contributed by atoms with van der Waals surface area (Å²) >= 11 is 0. The summed E-state index contributed by atoms with van der Waals surface area (Å²) in [7, 11) is 0. The molecule has 1 amide bonds. The van der Waals surface area contributed by atoms with Gasteiger partial charge in [0.2, 0.25) is 0 Å². The Morgan fingerprint density at radius 1 is 1.03 bits per heavy atom.